The predicted octanol–water partition coefficient (Wildman–Crippen LogP) is 0.723. The summed E-state index contributed by atoms with van der Waals surface area (Å²) >= 11 is 0. The molecule has 0 spiro atoms. The lowest BCUT2D eigenvalue weighted by Crippen LogP contribution is -2.12. The van der Waals surface area contributed by atoms with E-state index in [4.69, 9.17) is 5.11 Å². The molecule has 0 aliphatic rings. The summed E-state index contributed by atoms with van der Waals surface area (Å²) in [5.41, 5.74) is -0.924. The second-order valence-corrected chi connectivity index (χ2v) is 3.62. The molecule has 0 unspecified atom stereocenters. The molecule has 6 nitrogen and oxygen atoms in total. The van der Waals surface area contributed by atoms with Crippen molar-refractivity contribution in [2.45, 2.75) is 0 Å². The van der Waals surface area contributed by atoms with E-state index in [-0.39, 0.29) is 17.0 Å². The molecule has 1 aromatic carbocycles. The van der Waals surface area contributed by atoms with Crippen LogP contribution in [0.15, 0.2) is 35.1 Å². The van der Waals surface area contributed by atoms with Gasteiger partial charge in [0.1, 0.15) is 22.8 Å². The molecule has 2 rings (SSSR count). The number of aromatic hydroxyl groups is 3. The van der Waals surface area contributed by atoms with Crippen molar-refractivity contribution in [3.8, 4) is 17.2 Å². The number of ketones is 1. The van der Waals surface area contributed by atoms with Crippen LogP contribution in [0.2, 0.25) is 0 Å². The third kappa shape index (κ3) is 2.03. The quantitative estimate of drug-likeness (QED) is 0.584. The van der Waals surface area contributed by atoms with E-state index in [0.29, 0.717) is 0 Å². The zero-order valence-corrected chi connectivity index (χ0v) is 9.04. The smallest absolute Gasteiger partial charge is 0.248 e. The van der Waals surface area contributed by atoms with Crippen LogP contribution < -0.4 is 5.56 Å². The Kier molecular flexibility index (Phi) is 2.77. The summed E-state index contributed by atoms with van der Waals surface area (Å²) in [6.45, 7) is 0. The lowest BCUT2D eigenvalue weighted by molar-refractivity contribution is 0.102. The van der Waals surface area contributed by atoms with Crippen LogP contribution in [0.4, 0.5) is 0 Å². The standard InChI is InChI=1S/C12H9NO5/c14-6-4-8(15)11(9(16)5-6)12(18)7-2-1-3-10(17)13-7/h1-5,14-16H,(H,13,17). The van der Waals surface area contributed by atoms with E-state index in [2.05, 4.69) is 4.98 Å². The second kappa shape index (κ2) is 4.25. The molecule has 0 fully saturated rings. The van der Waals surface area contributed by atoms with Gasteiger partial charge in [0.2, 0.25) is 11.3 Å². The van der Waals surface area contributed by atoms with Gasteiger partial charge in [0, 0.05) is 18.2 Å². The van der Waals surface area contributed by atoms with Crippen LogP contribution in [-0.2, 0) is 0 Å². The summed E-state index contributed by atoms with van der Waals surface area (Å²) in [5, 5.41) is 28.2. The van der Waals surface area contributed by atoms with Crippen LogP contribution in [-0.4, -0.2) is 26.1 Å². The van der Waals surface area contributed by atoms with Gasteiger partial charge in [-0.25, -0.2) is 0 Å². The highest BCUT2D eigenvalue weighted by Crippen LogP contribution is 2.33. The number of aromatic amines is 1. The van der Waals surface area contributed by atoms with Crippen molar-refractivity contribution in [1.29, 1.82) is 0 Å². The first-order valence-corrected chi connectivity index (χ1v) is 4.98. The van der Waals surface area contributed by atoms with Crippen molar-refractivity contribution < 1.29 is 20.1 Å². The Hall–Kier alpha value is -2.76. The molecule has 0 aliphatic heterocycles. The minimum absolute atomic E-state index is 0.0706. The fourth-order valence-electron chi connectivity index (χ4n) is 1.54. The van der Waals surface area contributed by atoms with Crippen LogP contribution in [0.3, 0.4) is 0 Å². The predicted molar refractivity (Wildman–Crippen MR) is 61.9 cm³/mol. The normalized spacial score (nSPS) is 10.2. The molecular weight excluding hydrogens is 238 g/mol. The van der Waals surface area contributed by atoms with Crippen LogP contribution in [0.25, 0.3) is 0 Å². The van der Waals surface area contributed by atoms with Crippen LogP contribution in [0.1, 0.15) is 16.1 Å². The van der Waals surface area contributed by atoms with Gasteiger partial charge in [0.05, 0.1) is 5.69 Å². The third-order valence-corrected chi connectivity index (χ3v) is 2.32. The lowest BCUT2D eigenvalue weighted by Gasteiger charge is -2.06. The highest BCUT2D eigenvalue weighted by atomic mass is 16.3. The number of carbonyl (C=O) groups excluding carboxylic acids is 1. The zero-order valence-electron chi connectivity index (χ0n) is 9.04. The molecule has 0 bridgehead atoms. The van der Waals surface area contributed by atoms with Gasteiger partial charge in [-0.05, 0) is 6.07 Å². The molecule has 1 heterocycles. The summed E-state index contributed by atoms with van der Waals surface area (Å²) in [6.07, 6.45) is 0. The number of carbonyl (C=O) groups is 1. The summed E-state index contributed by atoms with van der Waals surface area (Å²) in [6, 6.07) is 5.80. The van der Waals surface area contributed by atoms with Crippen molar-refractivity contribution in [1.82, 2.24) is 4.98 Å². The number of pyridine rings is 1. The number of hydrogen-bond acceptors (Lipinski definition) is 5. The molecule has 2 aromatic rings. The maximum atomic E-state index is 12.0. The van der Waals surface area contributed by atoms with Gasteiger partial charge < -0.3 is 20.3 Å². The van der Waals surface area contributed by atoms with E-state index in [1.165, 1.54) is 18.2 Å². The van der Waals surface area contributed by atoms with Crippen molar-refractivity contribution in [3.63, 3.8) is 0 Å². The minimum atomic E-state index is -0.747. The Morgan fingerprint density at radius 3 is 2.22 bits per heavy atom. The Morgan fingerprint density at radius 1 is 1.06 bits per heavy atom. The first-order valence-electron chi connectivity index (χ1n) is 4.98. The van der Waals surface area contributed by atoms with Crippen molar-refractivity contribution in [2.24, 2.45) is 0 Å². The lowest BCUT2D eigenvalue weighted by atomic mass is 10.0. The maximum absolute atomic E-state index is 12.0. The number of nitrogens with one attached hydrogen (secondary N) is 1. The number of H-pyrrole nitrogens is 1. The van der Waals surface area contributed by atoms with Gasteiger partial charge in [-0.1, -0.05) is 6.07 Å². The fourth-order valence-corrected chi connectivity index (χ4v) is 1.54. The number of hydrogen-bond donors (Lipinski definition) is 4. The summed E-state index contributed by atoms with van der Waals surface area (Å²) < 4.78 is 0. The fraction of sp³-hybridized carbons (Fsp3) is 0. The molecule has 0 saturated carbocycles. The van der Waals surface area contributed by atoms with E-state index in [0.717, 1.165) is 12.1 Å². The van der Waals surface area contributed by atoms with E-state index < -0.39 is 22.8 Å². The molecular formula is C12H9NO5. The second-order valence-electron chi connectivity index (χ2n) is 3.62. The van der Waals surface area contributed by atoms with Gasteiger partial charge in [0.15, 0.2) is 0 Å². The first kappa shape index (κ1) is 11.7. The average Bonchev–Trinajstić information content (AvgIpc) is 2.27. The number of rotatable bonds is 2. The summed E-state index contributed by atoms with van der Waals surface area (Å²) in [4.78, 5) is 25.3. The number of phenols is 3. The van der Waals surface area contributed by atoms with E-state index >= 15 is 0 Å². The minimum Gasteiger partial charge on any atom is -0.508 e. The number of aromatic nitrogens is 1. The van der Waals surface area contributed by atoms with Gasteiger partial charge in [0.25, 0.3) is 0 Å². The van der Waals surface area contributed by atoms with Crippen LogP contribution in [0, 0.1) is 0 Å². The van der Waals surface area contributed by atoms with Crippen molar-refractivity contribution in [3.05, 3.63) is 51.9 Å². The van der Waals surface area contributed by atoms with Gasteiger partial charge >= 0.3 is 0 Å². The van der Waals surface area contributed by atoms with Crippen LogP contribution in [0.5, 0.6) is 17.2 Å². The van der Waals surface area contributed by atoms with E-state index in [1.54, 1.807) is 0 Å². The zero-order chi connectivity index (χ0) is 13.3. The number of benzene rings is 1. The van der Waals surface area contributed by atoms with Gasteiger partial charge in [-0.15, -0.1) is 0 Å². The van der Waals surface area contributed by atoms with E-state index in [1.807, 2.05) is 0 Å². The topological polar surface area (TPSA) is 111 Å². The molecule has 92 valence electrons. The molecule has 6 heteroatoms. The molecule has 0 radical (unpaired) electrons. The van der Waals surface area contributed by atoms with Crippen LogP contribution >= 0.6 is 0 Å². The molecule has 0 amide bonds. The Labute approximate surface area is 101 Å². The Bertz CT molecular complexity index is 651. The highest BCUT2D eigenvalue weighted by molar-refractivity contribution is 6.11. The van der Waals surface area contributed by atoms with Gasteiger partial charge in [-0.2, -0.15) is 0 Å². The summed E-state index contributed by atoms with van der Waals surface area (Å²) in [7, 11) is 0. The Balaban J connectivity index is 2.56. The maximum Gasteiger partial charge on any atom is 0.248 e. The van der Waals surface area contributed by atoms with Crippen molar-refractivity contribution >= 4 is 5.78 Å². The molecule has 0 saturated heterocycles. The highest BCUT2D eigenvalue weighted by Gasteiger charge is 2.19. The monoisotopic (exact) mass is 247 g/mol. The van der Waals surface area contributed by atoms with E-state index in [9.17, 15) is 19.8 Å². The SMILES string of the molecule is O=C(c1cccc(=O)[nH]1)c1c(O)cc(O)cc1O. The summed E-state index contributed by atoms with van der Waals surface area (Å²) in [5.74, 6) is -2.25. The molecule has 0 aliphatic carbocycles. The molecule has 0 atom stereocenters. The third-order valence-electron chi connectivity index (χ3n) is 2.32. The number of phenolic OH excluding ortho intramolecular Hbond substituents is 3. The Morgan fingerprint density at radius 2 is 1.67 bits per heavy atom. The largest absolute Gasteiger partial charge is 0.508 e. The van der Waals surface area contributed by atoms with Gasteiger partial charge in [-0.3, -0.25) is 9.59 Å². The molecule has 4 N–H and O–H groups in total. The molecule has 1 aromatic heterocycles. The average molecular weight is 247 g/mol. The van der Waals surface area contributed by atoms with Crippen molar-refractivity contribution in [2.75, 3.05) is 0 Å². The first-order chi connectivity index (χ1) is 8.49. The molecule has 18 heavy (non-hydrogen) atoms.